The summed E-state index contributed by atoms with van der Waals surface area (Å²) in [5, 5.41) is 0. The van der Waals surface area contributed by atoms with Gasteiger partial charge in [0.2, 0.25) is 0 Å². The third-order valence-electron chi connectivity index (χ3n) is 4.09. The van der Waals surface area contributed by atoms with Gasteiger partial charge in [-0.1, -0.05) is 0 Å². The van der Waals surface area contributed by atoms with Crippen LogP contribution in [0.3, 0.4) is 0 Å². The fraction of sp³-hybridized carbons (Fsp3) is 0.312. The molecule has 1 saturated heterocycles. The first-order valence-corrected chi connectivity index (χ1v) is 7.68. The Kier molecular flexibility index (Phi) is 3.45. The van der Waals surface area contributed by atoms with E-state index >= 15 is 0 Å². The first kappa shape index (κ1) is 13.8. The molecule has 3 aromatic rings. The lowest BCUT2D eigenvalue weighted by molar-refractivity contribution is 0.682. The molecule has 0 aromatic carbocycles. The summed E-state index contributed by atoms with van der Waals surface area (Å²) in [6.07, 6.45) is 10.9. The first-order valence-electron chi connectivity index (χ1n) is 7.68. The highest BCUT2D eigenvalue weighted by molar-refractivity contribution is 5.47. The van der Waals surface area contributed by atoms with Crippen molar-refractivity contribution in [2.75, 3.05) is 11.4 Å². The third-order valence-corrected chi connectivity index (χ3v) is 4.09. The van der Waals surface area contributed by atoms with Gasteiger partial charge in [-0.2, -0.15) is 0 Å². The number of hydrogen-bond acceptors (Lipinski definition) is 6. The molecule has 0 spiro atoms. The van der Waals surface area contributed by atoms with Crippen molar-refractivity contribution in [2.45, 2.75) is 25.8 Å². The van der Waals surface area contributed by atoms with E-state index in [-0.39, 0.29) is 6.04 Å². The van der Waals surface area contributed by atoms with E-state index in [1.54, 1.807) is 24.9 Å². The number of imidazole rings is 1. The van der Waals surface area contributed by atoms with Gasteiger partial charge < -0.3 is 9.88 Å². The molecule has 0 aliphatic carbocycles. The fourth-order valence-corrected chi connectivity index (χ4v) is 2.98. The summed E-state index contributed by atoms with van der Waals surface area (Å²) in [4.78, 5) is 27.2. The lowest BCUT2D eigenvalue weighted by Crippen LogP contribution is -2.24. The Balaban J connectivity index is 1.61. The average Bonchev–Trinajstić information content (AvgIpc) is 3.27. The second-order valence-corrected chi connectivity index (χ2v) is 5.63. The van der Waals surface area contributed by atoms with Crippen molar-refractivity contribution < 1.29 is 0 Å². The molecule has 0 saturated carbocycles. The molecule has 116 valence electrons. The predicted octanol–water partition coefficient (Wildman–Crippen LogP) is 2.31. The molecule has 1 atom stereocenters. The van der Waals surface area contributed by atoms with E-state index in [1.807, 2.05) is 19.2 Å². The van der Waals surface area contributed by atoms with Crippen LogP contribution in [-0.2, 0) is 0 Å². The van der Waals surface area contributed by atoms with Gasteiger partial charge >= 0.3 is 0 Å². The molecular weight excluding hydrogens is 290 g/mol. The van der Waals surface area contributed by atoms with Crippen molar-refractivity contribution in [3.63, 3.8) is 0 Å². The van der Waals surface area contributed by atoms with E-state index in [0.717, 1.165) is 48.1 Å². The van der Waals surface area contributed by atoms with Gasteiger partial charge in [-0.3, -0.25) is 4.98 Å². The van der Waals surface area contributed by atoms with E-state index < -0.39 is 0 Å². The Morgan fingerprint density at radius 1 is 1.13 bits per heavy atom. The van der Waals surface area contributed by atoms with Crippen molar-refractivity contribution in [1.29, 1.82) is 0 Å². The molecule has 0 unspecified atom stereocenters. The molecule has 23 heavy (non-hydrogen) atoms. The minimum Gasteiger partial charge on any atom is -0.348 e. The number of nitrogens with zero attached hydrogens (tertiary/aromatic N) is 6. The summed E-state index contributed by atoms with van der Waals surface area (Å²) in [5.41, 5.74) is 2.69. The normalized spacial score (nSPS) is 17.6. The number of H-pyrrole nitrogens is 1. The zero-order valence-electron chi connectivity index (χ0n) is 12.8. The van der Waals surface area contributed by atoms with Crippen molar-refractivity contribution in [1.82, 2.24) is 29.9 Å². The maximum atomic E-state index is 4.61. The number of anilines is 1. The molecule has 0 bridgehead atoms. The molecule has 4 heterocycles. The van der Waals surface area contributed by atoms with Crippen LogP contribution in [0.25, 0.3) is 11.5 Å². The van der Waals surface area contributed by atoms with Crippen LogP contribution < -0.4 is 4.90 Å². The standard InChI is InChI=1S/C16H17N7/c1-11-7-15(22-10-21-11)23-6-2-3-14(23)12-8-20-13(9-19-12)16-17-4-5-18-16/h4-5,7-10,14H,2-3,6H2,1H3,(H,17,18)/t14-/m1/s1. The lowest BCUT2D eigenvalue weighted by Gasteiger charge is -2.25. The highest BCUT2D eigenvalue weighted by Crippen LogP contribution is 2.34. The Bertz CT molecular complexity index is 782. The van der Waals surface area contributed by atoms with Gasteiger partial charge in [0, 0.05) is 30.7 Å². The summed E-state index contributed by atoms with van der Waals surface area (Å²) >= 11 is 0. The van der Waals surface area contributed by atoms with Crippen molar-refractivity contribution in [3.05, 3.63) is 48.6 Å². The molecule has 7 nitrogen and oxygen atoms in total. The van der Waals surface area contributed by atoms with Gasteiger partial charge in [0.1, 0.15) is 17.8 Å². The zero-order chi connectivity index (χ0) is 15.6. The molecular formula is C16H17N7. The summed E-state index contributed by atoms with van der Waals surface area (Å²) in [7, 11) is 0. The van der Waals surface area contributed by atoms with Crippen molar-refractivity contribution in [2.24, 2.45) is 0 Å². The minimum atomic E-state index is 0.211. The van der Waals surface area contributed by atoms with E-state index in [2.05, 4.69) is 34.8 Å². The van der Waals surface area contributed by atoms with Crippen molar-refractivity contribution >= 4 is 5.82 Å². The molecule has 0 radical (unpaired) electrons. The van der Waals surface area contributed by atoms with E-state index in [0.29, 0.717) is 0 Å². The van der Waals surface area contributed by atoms with E-state index in [4.69, 9.17) is 0 Å². The van der Waals surface area contributed by atoms with Gasteiger partial charge in [0.05, 0.1) is 24.1 Å². The van der Waals surface area contributed by atoms with Crippen LogP contribution in [0.4, 0.5) is 5.82 Å². The maximum absolute atomic E-state index is 4.61. The average molecular weight is 307 g/mol. The van der Waals surface area contributed by atoms with Crippen LogP contribution in [0, 0.1) is 6.92 Å². The number of aromatic nitrogens is 6. The van der Waals surface area contributed by atoms with Crippen LogP contribution in [-0.4, -0.2) is 36.4 Å². The molecule has 7 heteroatoms. The van der Waals surface area contributed by atoms with Gasteiger partial charge in [0.15, 0.2) is 5.82 Å². The molecule has 3 aromatic heterocycles. The fourth-order valence-electron chi connectivity index (χ4n) is 2.98. The zero-order valence-corrected chi connectivity index (χ0v) is 12.8. The van der Waals surface area contributed by atoms with Gasteiger partial charge in [-0.05, 0) is 19.8 Å². The molecule has 1 N–H and O–H groups in total. The Morgan fingerprint density at radius 3 is 2.83 bits per heavy atom. The third kappa shape index (κ3) is 2.65. The molecule has 1 aliphatic heterocycles. The highest BCUT2D eigenvalue weighted by atomic mass is 15.2. The summed E-state index contributed by atoms with van der Waals surface area (Å²) in [6, 6.07) is 2.23. The number of hydrogen-bond donors (Lipinski definition) is 1. The van der Waals surface area contributed by atoms with E-state index in [9.17, 15) is 0 Å². The Morgan fingerprint density at radius 2 is 2.09 bits per heavy atom. The number of aryl methyl sites for hydroxylation is 1. The van der Waals surface area contributed by atoms with Crippen LogP contribution in [0.5, 0.6) is 0 Å². The molecule has 1 fully saturated rings. The molecule has 0 amide bonds. The van der Waals surface area contributed by atoms with Crippen LogP contribution in [0.1, 0.15) is 30.3 Å². The maximum Gasteiger partial charge on any atom is 0.157 e. The quantitative estimate of drug-likeness (QED) is 0.799. The number of aromatic amines is 1. The Hall–Kier alpha value is -2.83. The monoisotopic (exact) mass is 307 g/mol. The lowest BCUT2D eigenvalue weighted by atomic mass is 10.1. The molecule has 1 aliphatic rings. The predicted molar refractivity (Wildman–Crippen MR) is 85.7 cm³/mol. The van der Waals surface area contributed by atoms with Gasteiger partial charge in [-0.25, -0.2) is 19.9 Å². The van der Waals surface area contributed by atoms with Crippen molar-refractivity contribution in [3.8, 4) is 11.5 Å². The second-order valence-electron chi connectivity index (χ2n) is 5.63. The summed E-state index contributed by atoms with van der Waals surface area (Å²) in [5.74, 6) is 1.69. The van der Waals surface area contributed by atoms with Crippen LogP contribution >= 0.6 is 0 Å². The van der Waals surface area contributed by atoms with Crippen LogP contribution in [0.15, 0.2) is 37.2 Å². The summed E-state index contributed by atoms with van der Waals surface area (Å²) in [6.45, 7) is 2.96. The SMILES string of the molecule is Cc1cc(N2CCC[C@@H]2c2cnc(-c3ncc[nH]3)cn2)ncn1. The summed E-state index contributed by atoms with van der Waals surface area (Å²) < 4.78 is 0. The number of nitrogens with one attached hydrogen (secondary N) is 1. The second kappa shape index (κ2) is 5.75. The first-order chi connectivity index (χ1) is 11.3. The van der Waals surface area contributed by atoms with Gasteiger partial charge in [0.25, 0.3) is 0 Å². The Labute approximate surface area is 133 Å². The van der Waals surface area contributed by atoms with E-state index in [1.165, 1.54) is 0 Å². The smallest absolute Gasteiger partial charge is 0.157 e. The number of rotatable bonds is 3. The highest BCUT2D eigenvalue weighted by Gasteiger charge is 2.28. The molecule has 4 rings (SSSR count). The van der Waals surface area contributed by atoms with Crippen LogP contribution in [0.2, 0.25) is 0 Å². The largest absolute Gasteiger partial charge is 0.348 e. The minimum absolute atomic E-state index is 0.211. The topological polar surface area (TPSA) is 83.5 Å². The van der Waals surface area contributed by atoms with Gasteiger partial charge in [-0.15, -0.1) is 0 Å².